The molecule has 0 spiro atoms. The molecule has 0 amide bonds. The summed E-state index contributed by atoms with van der Waals surface area (Å²) in [4.78, 5) is 0. The molecular formula is C7H14N2. The lowest BCUT2D eigenvalue weighted by atomic mass is 10.1. The van der Waals surface area contributed by atoms with Gasteiger partial charge in [0, 0.05) is 12.2 Å². The maximum absolute atomic E-state index is 3.29. The van der Waals surface area contributed by atoms with E-state index in [1.54, 1.807) is 0 Å². The molecule has 0 saturated heterocycles. The van der Waals surface area contributed by atoms with E-state index in [9.17, 15) is 0 Å². The summed E-state index contributed by atoms with van der Waals surface area (Å²) < 4.78 is 0. The fraction of sp³-hybridized carbons (Fsp3) is 0.714. The lowest BCUT2D eigenvalue weighted by molar-refractivity contribution is 0.600. The van der Waals surface area contributed by atoms with Crippen LogP contribution in [0.4, 0.5) is 0 Å². The highest BCUT2D eigenvalue weighted by Gasteiger charge is 2.03. The highest BCUT2D eigenvalue weighted by molar-refractivity contribution is 5.13. The molecule has 0 aliphatic carbocycles. The van der Waals surface area contributed by atoms with E-state index < -0.39 is 0 Å². The molecule has 2 nitrogen and oxygen atoms in total. The van der Waals surface area contributed by atoms with Gasteiger partial charge in [0.15, 0.2) is 0 Å². The number of rotatable bonds is 1. The van der Waals surface area contributed by atoms with Crippen LogP contribution in [0.3, 0.4) is 0 Å². The Hall–Kier alpha value is -0.500. The molecule has 0 fully saturated rings. The Kier molecular flexibility index (Phi) is 2.11. The van der Waals surface area contributed by atoms with Crippen molar-refractivity contribution in [3.8, 4) is 0 Å². The average molecular weight is 126 g/mol. The molecule has 0 radical (unpaired) electrons. The molecule has 1 aliphatic rings. The van der Waals surface area contributed by atoms with Gasteiger partial charge in [-0.3, -0.25) is 5.32 Å². The first-order chi connectivity index (χ1) is 4.34. The van der Waals surface area contributed by atoms with Crippen molar-refractivity contribution in [3.05, 3.63) is 11.3 Å². The molecule has 2 N–H and O–H groups in total. The summed E-state index contributed by atoms with van der Waals surface area (Å²) in [5.74, 6) is 0. The normalized spacial score (nSPS) is 19.8. The molecule has 0 aromatic rings. The maximum atomic E-state index is 3.29. The fourth-order valence-electron chi connectivity index (χ4n) is 1.10. The van der Waals surface area contributed by atoms with Gasteiger partial charge in [-0.25, -0.2) is 0 Å². The van der Waals surface area contributed by atoms with Crippen molar-refractivity contribution in [2.45, 2.75) is 20.3 Å². The zero-order valence-corrected chi connectivity index (χ0v) is 6.12. The summed E-state index contributed by atoms with van der Waals surface area (Å²) in [6.07, 6.45) is 1.13. The first-order valence-corrected chi connectivity index (χ1v) is 3.47. The van der Waals surface area contributed by atoms with Crippen LogP contribution in [-0.4, -0.2) is 13.2 Å². The van der Waals surface area contributed by atoms with Gasteiger partial charge >= 0.3 is 0 Å². The number of allylic oxidation sites excluding steroid dienone is 1. The van der Waals surface area contributed by atoms with E-state index in [1.807, 2.05) is 0 Å². The van der Waals surface area contributed by atoms with Crippen molar-refractivity contribution < 1.29 is 0 Å². The quantitative estimate of drug-likeness (QED) is 0.543. The molecule has 0 aromatic heterocycles. The lowest BCUT2D eigenvalue weighted by Gasteiger charge is -2.19. The fourth-order valence-corrected chi connectivity index (χ4v) is 1.10. The molecule has 1 aliphatic heterocycles. The van der Waals surface area contributed by atoms with E-state index in [0.717, 1.165) is 19.6 Å². The van der Waals surface area contributed by atoms with Gasteiger partial charge in [0.25, 0.3) is 0 Å². The van der Waals surface area contributed by atoms with Crippen molar-refractivity contribution in [3.63, 3.8) is 0 Å². The van der Waals surface area contributed by atoms with Crippen molar-refractivity contribution in [2.24, 2.45) is 0 Å². The Balaban J connectivity index is 2.59. The van der Waals surface area contributed by atoms with Crippen LogP contribution in [0.1, 0.15) is 20.3 Å². The van der Waals surface area contributed by atoms with Crippen LogP contribution in [0.15, 0.2) is 11.3 Å². The predicted molar refractivity (Wildman–Crippen MR) is 39.0 cm³/mol. The second-order valence-electron chi connectivity index (χ2n) is 2.39. The largest absolute Gasteiger partial charge is 0.376 e. The smallest absolute Gasteiger partial charge is 0.0652 e. The molecule has 0 aromatic carbocycles. The number of nitrogens with one attached hydrogen (secondary N) is 2. The standard InChI is InChI=1S/C7H14N2/c1-3-7-6(2)4-8-5-9-7/h8-9H,3-5H2,1-2H3. The molecular weight excluding hydrogens is 112 g/mol. The highest BCUT2D eigenvalue weighted by Crippen LogP contribution is 2.05. The predicted octanol–water partition coefficient (Wildman–Crippen LogP) is 0.821. The van der Waals surface area contributed by atoms with Crippen LogP contribution < -0.4 is 10.6 Å². The minimum absolute atomic E-state index is 0.931. The number of hydrogen-bond acceptors (Lipinski definition) is 2. The second-order valence-corrected chi connectivity index (χ2v) is 2.39. The van der Waals surface area contributed by atoms with Crippen LogP contribution in [0.5, 0.6) is 0 Å². The first-order valence-electron chi connectivity index (χ1n) is 3.47. The first kappa shape index (κ1) is 6.62. The third-order valence-electron chi connectivity index (χ3n) is 1.69. The molecule has 2 heteroatoms. The Morgan fingerprint density at radius 2 is 2.33 bits per heavy atom. The Labute approximate surface area is 56.3 Å². The summed E-state index contributed by atoms with van der Waals surface area (Å²) in [6, 6.07) is 0. The van der Waals surface area contributed by atoms with Gasteiger partial charge < -0.3 is 5.32 Å². The molecule has 52 valence electrons. The summed E-state index contributed by atoms with van der Waals surface area (Å²) in [7, 11) is 0. The molecule has 1 heterocycles. The van der Waals surface area contributed by atoms with E-state index in [0.29, 0.717) is 0 Å². The maximum Gasteiger partial charge on any atom is 0.0652 e. The van der Waals surface area contributed by atoms with Gasteiger partial charge in [-0.05, 0) is 18.9 Å². The SMILES string of the molecule is CCC1=C(C)CNCN1. The van der Waals surface area contributed by atoms with Gasteiger partial charge in [0.2, 0.25) is 0 Å². The van der Waals surface area contributed by atoms with E-state index in [4.69, 9.17) is 0 Å². The van der Waals surface area contributed by atoms with E-state index in [-0.39, 0.29) is 0 Å². The third-order valence-corrected chi connectivity index (χ3v) is 1.69. The Bertz CT molecular complexity index is 127. The zero-order valence-electron chi connectivity index (χ0n) is 6.12. The minimum Gasteiger partial charge on any atom is -0.376 e. The van der Waals surface area contributed by atoms with Gasteiger partial charge in [0.1, 0.15) is 0 Å². The second kappa shape index (κ2) is 2.87. The van der Waals surface area contributed by atoms with Gasteiger partial charge in [-0.2, -0.15) is 0 Å². The van der Waals surface area contributed by atoms with E-state index in [1.165, 1.54) is 11.3 Å². The summed E-state index contributed by atoms with van der Waals surface area (Å²) >= 11 is 0. The van der Waals surface area contributed by atoms with E-state index >= 15 is 0 Å². The van der Waals surface area contributed by atoms with Gasteiger partial charge in [0.05, 0.1) is 6.67 Å². The summed E-state index contributed by atoms with van der Waals surface area (Å²) in [5.41, 5.74) is 2.86. The molecule has 9 heavy (non-hydrogen) atoms. The Morgan fingerprint density at radius 3 is 2.78 bits per heavy atom. The molecule has 0 saturated carbocycles. The topological polar surface area (TPSA) is 24.1 Å². The van der Waals surface area contributed by atoms with Crippen LogP contribution in [0.2, 0.25) is 0 Å². The van der Waals surface area contributed by atoms with Crippen molar-refractivity contribution >= 4 is 0 Å². The van der Waals surface area contributed by atoms with Crippen molar-refractivity contribution in [1.29, 1.82) is 0 Å². The average Bonchev–Trinajstić information content (AvgIpc) is 1.89. The number of hydrogen-bond donors (Lipinski definition) is 2. The van der Waals surface area contributed by atoms with Crippen LogP contribution in [0.25, 0.3) is 0 Å². The van der Waals surface area contributed by atoms with Crippen LogP contribution in [-0.2, 0) is 0 Å². The zero-order chi connectivity index (χ0) is 6.69. The van der Waals surface area contributed by atoms with Gasteiger partial charge in [-0.15, -0.1) is 0 Å². The third kappa shape index (κ3) is 1.45. The van der Waals surface area contributed by atoms with Crippen molar-refractivity contribution in [2.75, 3.05) is 13.2 Å². The molecule has 0 unspecified atom stereocenters. The van der Waals surface area contributed by atoms with Crippen LogP contribution in [0, 0.1) is 0 Å². The summed E-state index contributed by atoms with van der Waals surface area (Å²) in [6.45, 7) is 6.33. The van der Waals surface area contributed by atoms with Crippen molar-refractivity contribution in [1.82, 2.24) is 10.6 Å². The summed E-state index contributed by atoms with van der Waals surface area (Å²) in [5, 5.41) is 6.52. The molecule has 0 atom stereocenters. The minimum atomic E-state index is 0.931. The lowest BCUT2D eigenvalue weighted by Crippen LogP contribution is -2.35. The molecule has 1 rings (SSSR count). The van der Waals surface area contributed by atoms with E-state index in [2.05, 4.69) is 24.5 Å². The monoisotopic (exact) mass is 126 g/mol. The van der Waals surface area contributed by atoms with Gasteiger partial charge in [-0.1, -0.05) is 6.92 Å². The highest BCUT2D eigenvalue weighted by atomic mass is 15.1. The Morgan fingerprint density at radius 1 is 1.56 bits per heavy atom. The molecule has 0 bridgehead atoms. The van der Waals surface area contributed by atoms with Crippen LogP contribution >= 0.6 is 0 Å².